The van der Waals surface area contributed by atoms with E-state index in [-0.39, 0.29) is 18.3 Å². The van der Waals surface area contributed by atoms with Gasteiger partial charge in [-0.05, 0) is 48.2 Å². The van der Waals surface area contributed by atoms with E-state index in [1.54, 1.807) is 34.9 Å². The number of fused-ring (bicyclic) bond motifs is 1. The molecule has 4 aromatic rings. The molecule has 2 aromatic heterocycles. The van der Waals surface area contributed by atoms with Gasteiger partial charge < -0.3 is 5.11 Å². The Morgan fingerprint density at radius 1 is 1.14 bits per heavy atom. The molecule has 2 unspecified atom stereocenters. The topological polar surface area (TPSA) is 63.8 Å². The number of aromatic nitrogens is 4. The van der Waals surface area contributed by atoms with Gasteiger partial charge in [0.25, 0.3) is 0 Å². The van der Waals surface area contributed by atoms with Crippen molar-refractivity contribution in [2.45, 2.75) is 29.9 Å². The van der Waals surface area contributed by atoms with Crippen molar-refractivity contribution in [2.24, 2.45) is 0 Å². The summed E-state index contributed by atoms with van der Waals surface area (Å²) in [6, 6.07) is 16.0. The van der Waals surface area contributed by atoms with Gasteiger partial charge in [-0.1, -0.05) is 25.1 Å². The quantitative estimate of drug-likeness (QED) is 0.480. The second-order valence-corrected chi connectivity index (χ2v) is 7.92. The van der Waals surface area contributed by atoms with Gasteiger partial charge in [0.2, 0.25) is 0 Å². The van der Waals surface area contributed by atoms with Gasteiger partial charge in [0, 0.05) is 21.9 Å². The smallest absolute Gasteiger partial charge is 0.137 e. The average molecular weight is 409 g/mol. The van der Waals surface area contributed by atoms with Gasteiger partial charge in [0.15, 0.2) is 0 Å². The van der Waals surface area contributed by atoms with E-state index in [4.69, 9.17) is 4.98 Å². The van der Waals surface area contributed by atoms with Crippen LogP contribution in [0.15, 0.2) is 72.1 Å². The molecular formula is C22H21FN4OS. The van der Waals surface area contributed by atoms with Crippen LogP contribution in [0.5, 0.6) is 0 Å². The van der Waals surface area contributed by atoms with E-state index in [2.05, 4.69) is 16.1 Å². The highest BCUT2D eigenvalue weighted by Crippen LogP contribution is 2.38. The summed E-state index contributed by atoms with van der Waals surface area (Å²) in [7, 11) is 0. The van der Waals surface area contributed by atoms with Crippen molar-refractivity contribution >= 4 is 22.7 Å². The molecule has 0 radical (unpaired) electrons. The van der Waals surface area contributed by atoms with Crippen molar-refractivity contribution in [3.63, 3.8) is 0 Å². The number of nitrogens with zero attached hydrogens (tertiary/aromatic N) is 4. The number of halogens is 1. The maximum atomic E-state index is 13.5. The van der Waals surface area contributed by atoms with E-state index in [1.807, 2.05) is 37.4 Å². The number of hydrogen-bond donors (Lipinski definition) is 1. The Morgan fingerprint density at radius 3 is 2.62 bits per heavy atom. The highest BCUT2D eigenvalue weighted by Gasteiger charge is 2.38. The molecule has 0 saturated heterocycles. The highest BCUT2D eigenvalue weighted by atomic mass is 32.2. The van der Waals surface area contributed by atoms with Crippen LogP contribution >= 0.6 is 11.8 Å². The predicted molar refractivity (Wildman–Crippen MR) is 112 cm³/mol. The third-order valence-electron chi connectivity index (χ3n) is 5.29. The number of thioether (sulfide) groups is 1. The molecule has 0 aliphatic carbocycles. The summed E-state index contributed by atoms with van der Waals surface area (Å²) < 4.78 is 15.1. The van der Waals surface area contributed by atoms with E-state index in [1.165, 1.54) is 23.4 Å². The molecule has 5 nitrogen and oxygen atoms in total. The minimum Gasteiger partial charge on any atom is -0.383 e. The van der Waals surface area contributed by atoms with Gasteiger partial charge in [-0.3, -0.25) is 4.98 Å². The van der Waals surface area contributed by atoms with Crippen LogP contribution in [0.2, 0.25) is 0 Å². The lowest BCUT2D eigenvalue weighted by molar-refractivity contribution is -0.00909. The summed E-state index contributed by atoms with van der Waals surface area (Å²) in [6.07, 6.45) is 5.02. The minimum absolute atomic E-state index is 0.172. The van der Waals surface area contributed by atoms with E-state index in [9.17, 15) is 9.50 Å². The van der Waals surface area contributed by atoms with Crippen LogP contribution in [0.4, 0.5) is 4.39 Å². The first-order chi connectivity index (χ1) is 14.0. The largest absolute Gasteiger partial charge is 0.383 e. The second-order valence-electron chi connectivity index (χ2n) is 7.04. The summed E-state index contributed by atoms with van der Waals surface area (Å²) in [5.41, 5.74) is 0.874. The molecule has 0 spiro atoms. The van der Waals surface area contributed by atoms with Crippen molar-refractivity contribution in [2.75, 3.05) is 6.26 Å². The van der Waals surface area contributed by atoms with Gasteiger partial charge in [0.05, 0.1) is 12.1 Å². The van der Waals surface area contributed by atoms with E-state index in [0.717, 1.165) is 16.6 Å². The van der Waals surface area contributed by atoms with E-state index in [0.29, 0.717) is 5.56 Å². The first kappa shape index (κ1) is 19.5. The van der Waals surface area contributed by atoms with Crippen LogP contribution in [-0.4, -0.2) is 31.1 Å². The Hall–Kier alpha value is -2.77. The van der Waals surface area contributed by atoms with Crippen molar-refractivity contribution in [1.82, 2.24) is 19.7 Å². The van der Waals surface area contributed by atoms with Gasteiger partial charge in [-0.25, -0.2) is 14.1 Å². The van der Waals surface area contributed by atoms with E-state index >= 15 is 0 Å². The number of rotatable bonds is 6. The predicted octanol–water partition coefficient (Wildman–Crippen LogP) is 4.38. The maximum Gasteiger partial charge on any atom is 0.137 e. The molecule has 0 amide bonds. The fourth-order valence-electron chi connectivity index (χ4n) is 3.51. The number of pyridine rings is 1. The summed E-state index contributed by atoms with van der Waals surface area (Å²) in [5, 5.41) is 17.0. The Balaban J connectivity index is 1.77. The Kier molecular flexibility index (Phi) is 5.34. The Labute approximate surface area is 172 Å². The second kappa shape index (κ2) is 7.93. The third kappa shape index (κ3) is 3.88. The number of aliphatic hydroxyl groups is 1. The van der Waals surface area contributed by atoms with Gasteiger partial charge in [-0.2, -0.15) is 5.10 Å². The maximum absolute atomic E-state index is 13.5. The van der Waals surface area contributed by atoms with Crippen LogP contribution in [0, 0.1) is 5.82 Å². The van der Waals surface area contributed by atoms with Crippen LogP contribution in [0.25, 0.3) is 10.9 Å². The lowest BCUT2D eigenvalue weighted by atomic mass is 9.80. The molecule has 4 rings (SSSR count). The molecule has 148 valence electrons. The fraction of sp³-hybridized carbons (Fsp3) is 0.227. The SMILES string of the molecule is CSc1ccc2nc(C(C)C(O)(Cn3cncn3)c3ccc(F)cc3)ccc2c1. The Morgan fingerprint density at radius 2 is 1.93 bits per heavy atom. The molecule has 0 aliphatic heterocycles. The molecular weight excluding hydrogens is 387 g/mol. The van der Waals surface area contributed by atoms with Crippen molar-refractivity contribution < 1.29 is 9.50 Å². The third-order valence-corrected chi connectivity index (χ3v) is 6.02. The van der Waals surface area contributed by atoms with Crippen molar-refractivity contribution in [3.05, 3.63) is 84.3 Å². The zero-order valence-corrected chi connectivity index (χ0v) is 17.0. The zero-order valence-electron chi connectivity index (χ0n) is 16.2. The number of hydrogen-bond acceptors (Lipinski definition) is 5. The minimum atomic E-state index is -1.35. The molecule has 2 heterocycles. The van der Waals surface area contributed by atoms with Crippen LogP contribution in [0.1, 0.15) is 24.1 Å². The monoisotopic (exact) mass is 408 g/mol. The Bertz CT molecular complexity index is 1120. The normalized spacial score (nSPS) is 14.6. The molecule has 2 aromatic carbocycles. The van der Waals surface area contributed by atoms with Gasteiger partial charge in [0.1, 0.15) is 24.1 Å². The van der Waals surface area contributed by atoms with Gasteiger partial charge >= 0.3 is 0 Å². The molecule has 0 bridgehead atoms. The van der Waals surface area contributed by atoms with Crippen LogP contribution in [0.3, 0.4) is 0 Å². The molecule has 0 fully saturated rings. The molecule has 0 aliphatic rings. The zero-order chi connectivity index (χ0) is 20.4. The summed E-state index contributed by atoms with van der Waals surface area (Å²) in [6.45, 7) is 2.09. The molecule has 7 heteroatoms. The van der Waals surface area contributed by atoms with E-state index < -0.39 is 5.60 Å². The number of benzene rings is 2. The fourth-order valence-corrected chi connectivity index (χ4v) is 3.96. The summed E-state index contributed by atoms with van der Waals surface area (Å²) in [5.74, 6) is -0.722. The standard InChI is InChI=1S/C22H21FN4OS/c1-15(20-9-3-16-11-19(29-2)8-10-21(16)26-20)22(28,12-27-14-24-13-25-27)17-4-6-18(23)7-5-17/h3-11,13-15,28H,12H2,1-2H3. The van der Waals surface area contributed by atoms with Crippen molar-refractivity contribution in [3.8, 4) is 0 Å². The van der Waals surface area contributed by atoms with Crippen LogP contribution in [-0.2, 0) is 12.1 Å². The molecule has 2 atom stereocenters. The van der Waals surface area contributed by atoms with Gasteiger partial charge in [-0.15, -0.1) is 11.8 Å². The van der Waals surface area contributed by atoms with Crippen molar-refractivity contribution in [1.29, 1.82) is 0 Å². The lowest BCUT2D eigenvalue weighted by Gasteiger charge is -2.34. The highest BCUT2D eigenvalue weighted by molar-refractivity contribution is 7.98. The first-order valence-corrected chi connectivity index (χ1v) is 10.5. The molecule has 1 N–H and O–H groups in total. The summed E-state index contributed by atoms with van der Waals surface area (Å²) in [4.78, 5) is 9.94. The lowest BCUT2D eigenvalue weighted by Crippen LogP contribution is -2.37. The molecule has 29 heavy (non-hydrogen) atoms. The average Bonchev–Trinajstić information content (AvgIpc) is 3.25. The summed E-state index contributed by atoms with van der Waals surface area (Å²) >= 11 is 1.68. The van der Waals surface area contributed by atoms with Crippen LogP contribution < -0.4 is 0 Å². The first-order valence-electron chi connectivity index (χ1n) is 9.25. The molecule has 0 saturated carbocycles.